The Morgan fingerprint density at radius 2 is 1.83 bits per heavy atom. The third kappa shape index (κ3) is 3.50. The number of rotatable bonds is 6. The first-order valence-electron chi connectivity index (χ1n) is 7.76. The van der Waals surface area contributed by atoms with Crippen molar-refractivity contribution in [2.75, 3.05) is 20.8 Å². The second-order valence-corrected chi connectivity index (χ2v) is 5.46. The third-order valence-electron chi connectivity index (χ3n) is 4.05. The maximum atomic E-state index is 6.12. The zero-order valence-electron chi connectivity index (χ0n) is 14.0. The molecule has 0 bridgehead atoms. The normalized spacial score (nSPS) is 10.5. The molecular weight excluding hydrogens is 326 g/mol. The number of para-hydroxylation sites is 1. The molecule has 0 aliphatic heterocycles. The first-order chi connectivity index (χ1) is 11.3. The van der Waals surface area contributed by atoms with Crippen LogP contribution in [0.2, 0.25) is 0 Å². The van der Waals surface area contributed by atoms with Gasteiger partial charge in [-0.2, -0.15) is 0 Å². The Labute approximate surface area is 148 Å². The molecule has 128 valence electrons. The van der Waals surface area contributed by atoms with E-state index in [9.17, 15) is 0 Å². The molecule has 0 fully saturated rings. The summed E-state index contributed by atoms with van der Waals surface area (Å²) in [6, 6.07) is 14.0. The molecule has 0 aliphatic carbocycles. The number of methoxy groups -OCH3 is 2. The van der Waals surface area contributed by atoms with Gasteiger partial charge in [0.05, 0.1) is 20.8 Å². The largest absolute Gasteiger partial charge is 1.00 e. The second kappa shape index (κ2) is 8.08. The second-order valence-electron chi connectivity index (χ2n) is 5.46. The van der Waals surface area contributed by atoms with Crippen LogP contribution < -0.4 is 27.6 Å². The summed E-state index contributed by atoms with van der Waals surface area (Å²) in [5.74, 6) is 2.69. The van der Waals surface area contributed by atoms with E-state index in [1.165, 1.54) is 5.56 Å². The number of hydrogen-bond donors (Lipinski definition) is 1. The molecule has 0 radical (unpaired) electrons. The number of hydrogen-bond acceptors (Lipinski definition) is 3. The Morgan fingerprint density at radius 1 is 1.04 bits per heavy atom. The van der Waals surface area contributed by atoms with Crippen molar-refractivity contribution in [3.63, 3.8) is 0 Å². The zero-order valence-corrected chi connectivity index (χ0v) is 14.7. The van der Waals surface area contributed by atoms with Crippen LogP contribution in [-0.4, -0.2) is 20.8 Å². The molecule has 3 aromatic rings. The lowest BCUT2D eigenvalue weighted by Gasteiger charge is -2.07. The molecule has 0 spiro atoms. The van der Waals surface area contributed by atoms with Crippen molar-refractivity contribution in [3.05, 3.63) is 59.4 Å². The van der Waals surface area contributed by atoms with Crippen LogP contribution in [0.4, 0.5) is 0 Å². The standard InChI is InChI=1S/C19H21NO3.ClH/c1-21-14-7-8-18-16(12-14)15(9-10-20)19(23-18)11-13-5-3-4-6-17(13)22-2;/h3-8,12H,9-11,20H2,1-2H3;1H. The Hall–Kier alpha value is -2.17. The van der Waals surface area contributed by atoms with Crippen LogP contribution in [0.25, 0.3) is 11.0 Å². The fourth-order valence-electron chi connectivity index (χ4n) is 2.92. The van der Waals surface area contributed by atoms with Crippen molar-refractivity contribution in [1.82, 2.24) is 0 Å². The molecule has 0 aliphatic rings. The smallest absolute Gasteiger partial charge is 0.134 e. The van der Waals surface area contributed by atoms with E-state index in [0.29, 0.717) is 6.42 Å². The van der Waals surface area contributed by atoms with Crippen LogP contribution in [0.15, 0.2) is 46.9 Å². The van der Waals surface area contributed by atoms with Gasteiger partial charge in [-0.3, -0.25) is 0 Å². The van der Waals surface area contributed by atoms with Gasteiger partial charge in [-0.1, -0.05) is 18.2 Å². The number of fused-ring (bicyclic) bond motifs is 1. The number of ether oxygens (including phenoxy) is 2. The van der Waals surface area contributed by atoms with Gasteiger partial charge in [0.2, 0.25) is 0 Å². The molecule has 0 atom stereocenters. The van der Waals surface area contributed by atoms with Gasteiger partial charge >= 0.3 is 0 Å². The van der Waals surface area contributed by atoms with Crippen molar-refractivity contribution in [2.45, 2.75) is 12.8 Å². The summed E-state index contributed by atoms with van der Waals surface area (Å²) in [4.78, 5) is 0. The summed E-state index contributed by atoms with van der Waals surface area (Å²) in [6.07, 6.45) is 1.58. The molecule has 1 aromatic heterocycles. The van der Waals surface area contributed by atoms with E-state index in [-0.39, 0.29) is 12.4 Å². The van der Waals surface area contributed by atoms with Gasteiger partial charge in [0.25, 0.3) is 0 Å². The lowest BCUT2D eigenvalue weighted by molar-refractivity contribution is -0.366. The summed E-state index contributed by atoms with van der Waals surface area (Å²) >= 11 is 0. The van der Waals surface area contributed by atoms with E-state index in [0.717, 1.165) is 46.8 Å². The van der Waals surface area contributed by atoms with Gasteiger partial charge in [0, 0.05) is 29.4 Å². The van der Waals surface area contributed by atoms with Gasteiger partial charge in [-0.15, -0.1) is 0 Å². The van der Waals surface area contributed by atoms with Gasteiger partial charge < -0.3 is 32.0 Å². The topological polar surface area (TPSA) is 59.2 Å². The van der Waals surface area contributed by atoms with E-state index in [1.54, 1.807) is 14.2 Å². The molecule has 0 saturated heterocycles. The highest BCUT2D eigenvalue weighted by molar-refractivity contribution is 5.84. The Balaban J connectivity index is 0.00000208. The fourth-order valence-corrected chi connectivity index (χ4v) is 2.92. The predicted octanol–water partition coefficient (Wildman–Crippen LogP) is -0.171. The first-order valence-corrected chi connectivity index (χ1v) is 7.76. The van der Waals surface area contributed by atoms with E-state index >= 15 is 0 Å². The van der Waals surface area contributed by atoms with Gasteiger partial charge in [0.1, 0.15) is 22.8 Å². The summed E-state index contributed by atoms with van der Waals surface area (Å²) in [7, 11) is 3.37. The van der Waals surface area contributed by atoms with Crippen molar-refractivity contribution in [3.8, 4) is 11.5 Å². The molecule has 4 nitrogen and oxygen atoms in total. The van der Waals surface area contributed by atoms with Crippen LogP contribution in [0, 0.1) is 0 Å². The lowest BCUT2D eigenvalue weighted by Crippen LogP contribution is -3.00. The Kier molecular flexibility index (Phi) is 6.12. The number of halogens is 1. The van der Waals surface area contributed by atoms with E-state index in [4.69, 9.17) is 13.9 Å². The average molecular weight is 348 g/mol. The fraction of sp³-hybridized carbons (Fsp3) is 0.263. The number of quaternary nitrogens is 1. The number of furan rings is 1. The van der Waals surface area contributed by atoms with Crippen LogP contribution in [0.5, 0.6) is 11.5 Å². The molecule has 5 heteroatoms. The van der Waals surface area contributed by atoms with Crippen molar-refractivity contribution in [1.29, 1.82) is 0 Å². The summed E-state index contributed by atoms with van der Waals surface area (Å²) in [6.45, 7) is 0.824. The molecular formula is C19H22ClNO3. The monoisotopic (exact) mass is 347 g/mol. The number of benzene rings is 2. The maximum Gasteiger partial charge on any atom is 0.134 e. The quantitative estimate of drug-likeness (QED) is 0.673. The third-order valence-corrected chi connectivity index (χ3v) is 4.05. The van der Waals surface area contributed by atoms with Crippen LogP contribution in [0.1, 0.15) is 16.9 Å². The molecule has 0 saturated carbocycles. The first kappa shape index (κ1) is 18.2. The van der Waals surface area contributed by atoms with E-state index in [1.807, 2.05) is 36.4 Å². The van der Waals surface area contributed by atoms with Crippen LogP contribution in [0.3, 0.4) is 0 Å². The minimum absolute atomic E-state index is 0. The van der Waals surface area contributed by atoms with Gasteiger partial charge in [0.15, 0.2) is 0 Å². The summed E-state index contributed by atoms with van der Waals surface area (Å²) in [5, 5.41) is 1.11. The summed E-state index contributed by atoms with van der Waals surface area (Å²) in [5.41, 5.74) is 7.21. The molecule has 2 aromatic carbocycles. The van der Waals surface area contributed by atoms with E-state index < -0.39 is 0 Å². The average Bonchev–Trinajstić information content (AvgIpc) is 2.92. The molecule has 3 rings (SSSR count). The highest BCUT2D eigenvalue weighted by Gasteiger charge is 2.16. The molecule has 3 N–H and O–H groups in total. The van der Waals surface area contributed by atoms with Gasteiger partial charge in [-0.05, 0) is 24.3 Å². The van der Waals surface area contributed by atoms with Crippen molar-refractivity contribution < 1.29 is 32.0 Å². The molecule has 1 heterocycles. The highest BCUT2D eigenvalue weighted by atomic mass is 35.5. The van der Waals surface area contributed by atoms with Crippen molar-refractivity contribution in [2.24, 2.45) is 0 Å². The zero-order chi connectivity index (χ0) is 16.2. The Bertz CT molecular complexity index is 813. The molecule has 0 amide bonds. The SMILES string of the molecule is COc1ccc2oc(Cc3ccccc3OC)c(CC[NH3+])c2c1.[Cl-]. The van der Waals surface area contributed by atoms with Crippen LogP contribution >= 0.6 is 0 Å². The van der Waals surface area contributed by atoms with Gasteiger partial charge in [-0.25, -0.2) is 0 Å². The molecule has 24 heavy (non-hydrogen) atoms. The predicted molar refractivity (Wildman–Crippen MR) is 90.0 cm³/mol. The Morgan fingerprint density at radius 3 is 2.54 bits per heavy atom. The minimum Gasteiger partial charge on any atom is -1.00 e. The van der Waals surface area contributed by atoms with Crippen LogP contribution in [-0.2, 0) is 12.8 Å². The van der Waals surface area contributed by atoms with Crippen molar-refractivity contribution >= 4 is 11.0 Å². The van der Waals surface area contributed by atoms with E-state index in [2.05, 4.69) is 11.8 Å². The lowest BCUT2D eigenvalue weighted by atomic mass is 10.0. The molecule has 0 unspecified atom stereocenters. The summed E-state index contributed by atoms with van der Waals surface area (Å²) < 4.78 is 16.9. The maximum absolute atomic E-state index is 6.12. The highest BCUT2D eigenvalue weighted by Crippen LogP contribution is 2.32. The minimum atomic E-state index is 0.